The molecule has 0 N–H and O–H groups in total. The minimum Gasteiger partial charge on any atom is -0.377 e. The van der Waals surface area contributed by atoms with Crippen molar-refractivity contribution < 1.29 is 4.74 Å². The third-order valence-electron chi connectivity index (χ3n) is 8.21. The summed E-state index contributed by atoms with van der Waals surface area (Å²) < 4.78 is 5.91. The molecule has 1 heterocycles. The molecular formula is C19H28O. The van der Waals surface area contributed by atoms with Gasteiger partial charge in [0.2, 0.25) is 0 Å². The average molecular weight is 272 g/mol. The fourth-order valence-electron chi connectivity index (χ4n) is 7.14. The van der Waals surface area contributed by atoms with E-state index in [0.29, 0.717) is 16.9 Å². The zero-order valence-electron chi connectivity index (χ0n) is 12.9. The number of hydrogen-bond acceptors (Lipinski definition) is 1. The van der Waals surface area contributed by atoms with Gasteiger partial charge in [-0.05, 0) is 74.5 Å². The Balaban J connectivity index is 1.52. The molecule has 0 radical (unpaired) electrons. The maximum Gasteiger partial charge on any atom is 0.0656 e. The predicted molar refractivity (Wildman–Crippen MR) is 80.4 cm³/mol. The van der Waals surface area contributed by atoms with Gasteiger partial charge in [0.25, 0.3) is 0 Å². The fraction of sp³-hybridized carbons (Fsp3) is 0.895. The summed E-state index contributed by atoms with van der Waals surface area (Å²) in [6.07, 6.45) is 16.3. The van der Waals surface area contributed by atoms with Gasteiger partial charge in [0, 0.05) is 5.41 Å². The molecule has 3 saturated carbocycles. The number of ether oxygens (including phenoxy) is 1. The van der Waals surface area contributed by atoms with Gasteiger partial charge in [0.1, 0.15) is 0 Å². The van der Waals surface area contributed by atoms with E-state index < -0.39 is 0 Å². The highest BCUT2D eigenvalue weighted by molar-refractivity contribution is 5.25. The van der Waals surface area contributed by atoms with Crippen LogP contribution in [0.25, 0.3) is 0 Å². The van der Waals surface area contributed by atoms with Gasteiger partial charge in [-0.2, -0.15) is 0 Å². The highest BCUT2D eigenvalue weighted by Gasteiger charge is 2.64. The monoisotopic (exact) mass is 272 g/mol. The van der Waals surface area contributed by atoms with Crippen LogP contribution in [-0.4, -0.2) is 12.7 Å². The first-order chi connectivity index (χ1) is 9.74. The SMILES string of the molecule is C[C@]12CCCCC1=CC[C@H]1[C@@H]3CCC4OC[C@@]43CC[C@@H]12. The topological polar surface area (TPSA) is 9.23 Å². The molecule has 5 aliphatic rings. The second-order valence-electron chi connectivity index (χ2n) is 8.62. The molecule has 1 unspecified atom stereocenters. The van der Waals surface area contributed by atoms with Gasteiger partial charge in [-0.25, -0.2) is 0 Å². The van der Waals surface area contributed by atoms with E-state index in [9.17, 15) is 0 Å². The van der Waals surface area contributed by atoms with Crippen molar-refractivity contribution in [3.05, 3.63) is 11.6 Å². The van der Waals surface area contributed by atoms with Crippen LogP contribution in [0.3, 0.4) is 0 Å². The van der Waals surface area contributed by atoms with Gasteiger partial charge in [-0.3, -0.25) is 0 Å². The molecule has 110 valence electrons. The Morgan fingerprint density at radius 2 is 2.05 bits per heavy atom. The van der Waals surface area contributed by atoms with E-state index in [1.807, 2.05) is 5.57 Å². The number of hydrogen-bond donors (Lipinski definition) is 0. The molecule has 4 aliphatic carbocycles. The summed E-state index contributed by atoms with van der Waals surface area (Å²) in [6.45, 7) is 3.72. The summed E-state index contributed by atoms with van der Waals surface area (Å²) in [5, 5.41) is 0. The van der Waals surface area contributed by atoms with Crippen molar-refractivity contribution in [2.45, 2.75) is 70.8 Å². The highest BCUT2D eigenvalue weighted by atomic mass is 16.5. The minimum absolute atomic E-state index is 0.575. The van der Waals surface area contributed by atoms with E-state index in [2.05, 4.69) is 13.0 Å². The smallest absolute Gasteiger partial charge is 0.0656 e. The lowest BCUT2D eigenvalue weighted by Gasteiger charge is -2.60. The third-order valence-corrected chi connectivity index (χ3v) is 8.21. The predicted octanol–water partition coefficient (Wildman–Crippen LogP) is 4.72. The molecule has 0 amide bonds. The quantitative estimate of drug-likeness (QED) is 0.580. The summed E-state index contributed by atoms with van der Waals surface area (Å²) >= 11 is 0. The number of rotatable bonds is 0. The molecule has 20 heavy (non-hydrogen) atoms. The molecule has 1 heteroatoms. The van der Waals surface area contributed by atoms with Gasteiger partial charge in [0.15, 0.2) is 0 Å². The van der Waals surface area contributed by atoms with E-state index >= 15 is 0 Å². The van der Waals surface area contributed by atoms with Crippen LogP contribution >= 0.6 is 0 Å². The summed E-state index contributed by atoms with van der Waals surface area (Å²) in [7, 11) is 0. The first-order valence-corrected chi connectivity index (χ1v) is 9.05. The molecule has 5 rings (SSSR count). The molecule has 4 fully saturated rings. The van der Waals surface area contributed by atoms with Gasteiger partial charge in [0.05, 0.1) is 12.7 Å². The first kappa shape index (κ1) is 12.3. The lowest BCUT2D eigenvalue weighted by molar-refractivity contribution is -0.219. The fourth-order valence-corrected chi connectivity index (χ4v) is 7.14. The van der Waals surface area contributed by atoms with Crippen LogP contribution in [-0.2, 0) is 4.74 Å². The van der Waals surface area contributed by atoms with Crippen LogP contribution < -0.4 is 0 Å². The molecule has 0 bridgehead atoms. The Morgan fingerprint density at radius 1 is 1.10 bits per heavy atom. The van der Waals surface area contributed by atoms with E-state index in [1.54, 1.807) is 0 Å². The minimum atomic E-state index is 0.575. The normalized spacial score (nSPS) is 56.8. The first-order valence-electron chi connectivity index (χ1n) is 9.05. The van der Waals surface area contributed by atoms with Gasteiger partial charge >= 0.3 is 0 Å². The Hall–Kier alpha value is -0.300. The Morgan fingerprint density at radius 3 is 2.90 bits per heavy atom. The summed E-state index contributed by atoms with van der Waals surface area (Å²) in [4.78, 5) is 0. The van der Waals surface area contributed by atoms with E-state index in [0.717, 1.165) is 24.4 Å². The average Bonchev–Trinajstić information content (AvgIpc) is 2.70. The zero-order valence-corrected chi connectivity index (χ0v) is 12.9. The van der Waals surface area contributed by atoms with Crippen LogP contribution in [0, 0.1) is 28.6 Å². The standard InChI is InChI=1S/C19H28O/c1-18-10-3-2-4-13(18)5-6-14-15(18)9-11-19-12-20-17(19)8-7-16(14)19/h5,14-17H,2-4,6-12H2,1H3/t14-,15+,16+,17?,18+,19-/m1/s1. The van der Waals surface area contributed by atoms with E-state index in [4.69, 9.17) is 4.74 Å². The van der Waals surface area contributed by atoms with Gasteiger partial charge in [-0.1, -0.05) is 25.0 Å². The molecule has 0 aromatic carbocycles. The molecule has 6 atom stereocenters. The van der Waals surface area contributed by atoms with E-state index in [-0.39, 0.29) is 0 Å². The van der Waals surface area contributed by atoms with E-state index in [1.165, 1.54) is 57.8 Å². The van der Waals surface area contributed by atoms with Crippen molar-refractivity contribution in [1.29, 1.82) is 0 Å². The Bertz CT molecular complexity index is 466. The Kier molecular flexibility index (Phi) is 2.40. The number of allylic oxidation sites excluding steroid dienone is 2. The van der Waals surface area contributed by atoms with Crippen LogP contribution in [0.1, 0.15) is 64.7 Å². The molecule has 1 nitrogen and oxygen atoms in total. The molecule has 1 aliphatic heterocycles. The molecule has 1 saturated heterocycles. The molecule has 1 spiro atoms. The van der Waals surface area contributed by atoms with Crippen LogP contribution in [0.5, 0.6) is 0 Å². The van der Waals surface area contributed by atoms with Crippen molar-refractivity contribution in [1.82, 2.24) is 0 Å². The largest absolute Gasteiger partial charge is 0.377 e. The van der Waals surface area contributed by atoms with Crippen LogP contribution in [0.2, 0.25) is 0 Å². The van der Waals surface area contributed by atoms with Crippen LogP contribution in [0.15, 0.2) is 11.6 Å². The lowest BCUT2D eigenvalue weighted by Crippen LogP contribution is -2.58. The van der Waals surface area contributed by atoms with Crippen molar-refractivity contribution >= 4 is 0 Å². The van der Waals surface area contributed by atoms with Gasteiger partial charge in [-0.15, -0.1) is 0 Å². The maximum absolute atomic E-state index is 5.91. The highest BCUT2D eigenvalue weighted by Crippen LogP contribution is 2.67. The number of fused-ring (bicyclic) bond motifs is 4. The lowest BCUT2D eigenvalue weighted by atomic mass is 9.47. The maximum atomic E-state index is 5.91. The van der Waals surface area contributed by atoms with Crippen molar-refractivity contribution in [3.8, 4) is 0 Å². The zero-order chi connectivity index (χ0) is 13.4. The van der Waals surface area contributed by atoms with Gasteiger partial charge < -0.3 is 4.74 Å². The van der Waals surface area contributed by atoms with Crippen molar-refractivity contribution in [3.63, 3.8) is 0 Å². The molecule has 0 aromatic heterocycles. The second-order valence-corrected chi connectivity index (χ2v) is 8.62. The third kappa shape index (κ3) is 1.30. The second kappa shape index (κ2) is 3.91. The molecule has 0 aromatic rings. The summed E-state index contributed by atoms with van der Waals surface area (Å²) in [5.74, 6) is 2.99. The molecular weight excluding hydrogens is 244 g/mol. The summed E-state index contributed by atoms with van der Waals surface area (Å²) in [5.41, 5.74) is 3.06. The van der Waals surface area contributed by atoms with Crippen molar-refractivity contribution in [2.75, 3.05) is 6.61 Å². The Labute approximate surface area is 123 Å². The van der Waals surface area contributed by atoms with Crippen LogP contribution in [0.4, 0.5) is 0 Å². The van der Waals surface area contributed by atoms with Crippen molar-refractivity contribution in [2.24, 2.45) is 28.6 Å². The summed E-state index contributed by atoms with van der Waals surface area (Å²) in [6, 6.07) is 0.